The van der Waals surface area contributed by atoms with Gasteiger partial charge in [0.05, 0.1) is 13.2 Å². The third-order valence-electron chi connectivity index (χ3n) is 2.78. The van der Waals surface area contributed by atoms with E-state index in [2.05, 4.69) is 0 Å². The summed E-state index contributed by atoms with van der Waals surface area (Å²) in [6, 6.07) is 0. The van der Waals surface area contributed by atoms with Crippen LogP contribution < -0.4 is 4.90 Å². The van der Waals surface area contributed by atoms with Crippen molar-refractivity contribution in [3.05, 3.63) is 28.8 Å². The highest BCUT2D eigenvalue weighted by Crippen LogP contribution is 2.31. The zero-order chi connectivity index (χ0) is 14.2. The lowest BCUT2D eigenvalue weighted by molar-refractivity contribution is 0.0683. The van der Waals surface area contributed by atoms with Gasteiger partial charge in [-0.1, -0.05) is 0 Å². The van der Waals surface area contributed by atoms with E-state index in [4.69, 9.17) is 9.84 Å². The number of morpholine rings is 1. The summed E-state index contributed by atoms with van der Waals surface area (Å²) in [7, 11) is 0. The molecule has 4 nitrogen and oxygen atoms in total. The normalized spacial score (nSPS) is 15.7. The van der Waals surface area contributed by atoms with Crippen LogP contribution in [0, 0.1) is 23.3 Å². The molecule has 0 saturated carbocycles. The molecule has 1 aromatic rings. The van der Waals surface area contributed by atoms with Crippen molar-refractivity contribution in [1.82, 2.24) is 0 Å². The lowest BCUT2D eigenvalue weighted by Crippen LogP contribution is -2.38. The molecule has 1 saturated heterocycles. The number of carbonyl (C=O) groups is 1. The van der Waals surface area contributed by atoms with Gasteiger partial charge >= 0.3 is 5.97 Å². The second-order valence-electron chi connectivity index (χ2n) is 3.88. The van der Waals surface area contributed by atoms with E-state index in [0.717, 1.165) is 4.90 Å². The Balaban J connectivity index is 2.59. The molecule has 0 atom stereocenters. The predicted molar refractivity (Wildman–Crippen MR) is 56.3 cm³/mol. The highest BCUT2D eigenvalue weighted by molar-refractivity contribution is 5.89. The van der Waals surface area contributed by atoms with Gasteiger partial charge in [0.2, 0.25) is 0 Å². The predicted octanol–water partition coefficient (Wildman–Crippen LogP) is 1.78. The average molecular weight is 279 g/mol. The molecule has 0 spiro atoms. The van der Waals surface area contributed by atoms with Crippen LogP contribution in [0.3, 0.4) is 0 Å². The highest BCUT2D eigenvalue weighted by atomic mass is 19.2. The van der Waals surface area contributed by atoms with Crippen LogP contribution in [0.15, 0.2) is 0 Å². The largest absolute Gasteiger partial charge is 0.477 e. The summed E-state index contributed by atoms with van der Waals surface area (Å²) in [4.78, 5) is 11.7. The van der Waals surface area contributed by atoms with Gasteiger partial charge in [-0.25, -0.2) is 22.4 Å². The average Bonchev–Trinajstić information content (AvgIpc) is 2.38. The van der Waals surface area contributed by atoms with Crippen LogP contribution in [-0.2, 0) is 4.74 Å². The molecule has 0 aliphatic carbocycles. The van der Waals surface area contributed by atoms with Crippen LogP contribution in [0.25, 0.3) is 0 Å². The van der Waals surface area contributed by atoms with Crippen molar-refractivity contribution in [3.8, 4) is 0 Å². The molecule has 2 rings (SSSR count). The number of hydrogen-bond donors (Lipinski definition) is 1. The summed E-state index contributed by atoms with van der Waals surface area (Å²) in [5.41, 5.74) is -2.53. The summed E-state index contributed by atoms with van der Waals surface area (Å²) >= 11 is 0. The van der Waals surface area contributed by atoms with Crippen molar-refractivity contribution >= 4 is 11.7 Å². The number of aromatic carboxylic acids is 1. The van der Waals surface area contributed by atoms with Gasteiger partial charge in [-0.15, -0.1) is 0 Å². The summed E-state index contributed by atoms with van der Waals surface area (Å²) in [5, 5.41) is 8.55. The topological polar surface area (TPSA) is 49.8 Å². The number of hydrogen-bond acceptors (Lipinski definition) is 3. The molecule has 104 valence electrons. The van der Waals surface area contributed by atoms with E-state index in [-0.39, 0.29) is 26.3 Å². The second kappa shape index (κ2) is 5.04. The SMILES string of the molecule is O=C(O)c1c(F)c(F)c(N2CCOCC2)c(F)c1F. The molecule has 1 N–H and O–H groups in total. The Morgan fingerprint density at radius 2 is 1.47 bits per heavy atom. The van der Waals surface area contributed by atoms with E-state index in [9.17, 15) is 22.4 Å². The van der Waals surface area contributed by atoms with Crippen molar-refractivity contribution in [2.75, 3.05) is 31.2 Å². The minimum atomic E-state index is -2.07. The molecule has 1 fully saturated rings. The Labute approximate surface area is 105 Å². The first-order valence-electron chi connectivity index (χ1n) is 5.37. The Morgan fingerprint density at radius 1 is 1.00 bits per heavy atom. The van der Waals surface area contributed by atoms with Gasteiger partial charge in [0.15, 0.2) is 23.3 Å². The van der Waals surface area contributed by atoms with Gasteiger partial charge in [-0.2, -0.15) is 0 Å². The monoisotopic (exact) mass is 279 g/mol. The van der Waals surface area contributed by atoms with Crippen molar-refractivity contribution in [1.29, 1.82) is 0 Å². The number of halogens is 4. The maximum atomic E-state index is 13.7. The van der Waals surface area contributed by atoms with Crippen LogP contribution in [0.2, 0.25) is 0 Å². The van der Waals surface area contributed by atoms with Crippen molar-refractivity contribution < 1.29 is 32.2 Å². The smallest absolute Gasteiger partial charge is 0.341 e. The number of rotatable bonds is 2. The van der Waals surface area contributed by atoms with Gasteiger partial charge in [-0.05, 0) is 0 Å². The zero-order valence-electron chi connectivity index (χ0n) is 9.55. The molecule has 1 heterocycles. The summed E-state index contributed by atoms with van der Waals surface area (Å²) < 4.78 is 59.4. The summed E-state index contributed by atoms with van der Waals surface area (Å²) in [6.07, 6.45) is 0. The quantitative estimate of drug-likeness (QED) is 0.662. The van der Waals surface area contributed by atoms with E-state index < -0.39 is 40.5 Å². The fourth-order valence-corrected chi connectivity index (χ4v) is 1.87. The van der Waals surface area contributed by atoms with Gasteiger partial charge in [0.25, 0.3) is 0 Å². The molecule has 0 unspecified atom stereocenters. The molecule has 1 aromatic carbocycles. The minimum absolute atomic E-state index is 0.0547. The van der Waals surface area contributed by atoms with E-state index in [1.165, 1.54) is 0 Å². The van der Waals surface area contributed by atoms with E-state index in [1.807, 2.05) is 0 Å². The van der Waals surface area contributed by atoms with Crippen LogP contribution >= 0.6 is 0 Å². The molecule has 0 radical (unpaired) electrons. The third-order valence-corrected chi connectivity index (χ3v) is 2.78. The molecule has 0 bridgehead atoms. The zero-order valence-corrected chi connectivity index (χ0v) is 9.55. The fourth-order valence-electron chi connectivity index (χ4n) is 1.87. The standard InChI is InChI=1S/C11H9F4NO3/c12-6-5(11(17)18)7(13)9(15)10(8(6)14)16-1-3-19-4-2-16/h1-4H2,(H,17,18). The Morgan fingerprint density at radius 3 is 1.89 bits per heavy atom. The van der Waals surface area contributed by atoms with Crippen molar-refractivity contribution in [3.63, 3.8) is 0 Å². The molecule has 0 amide bonds. The lowest BCUT2D eigenvalue weighted by Gasteiger charge is -2.29. The fraction of sp³-hybridized carbons (Fsp3) is 0.364. The summed E-state index contributed by atoms with van der Waals surface area (Å²) in [6.45, 7) is 0.421. The molecule has 0 aromatic heterocycles. The number of carboxylic acid groups (broad SMARTS) is 1. The first-order chi connectivity index (χ1) is 8.95. The lowest BCUT2D eigenvalue weighted by atomic mass is 10.1. The third kappa shape index (κ3) is 2.23. The number of nitrogens with zero attached hydrogens (tertiary/aromatic N) is 1. The number of carboxylic acids is 1. The Bertz CT molecular complexity index is 500. The molecule has 8 heteroatoms. The van der Waals surface area contributed by atoms with Crippen LogP contribution in [0.1, 0.15) is 10.4 Å². The maximum absolute atomic E-state index is 13.7. The number of ether oxygens (including phenoxy) is 1. The van der Waals surface area contributed by atoms with Crippen LogP contribution in [0.5, 0.6) is 0 Å². The minimum Gasteiger partial charge on any atom is -0.477 e. The Kier molecular flexibility index (Phi) is 3.61. The highest BCUT2D eigenvalue weighted by Gasteiger charge is 2.32. The first kappa shape index (κ1) is 13.6. The second-order valence-corrected chi connectivity index (χ2v) is 3.88. The van der Waals surface area contributed by atoms with Gasteiger partial charge in [0.1, 0.15) is 11.3 Å². The number of anilines is 1. The summed E-state index contributed by atoms with van der Waals surface area (Å²) in [5.74, 6) is -9.31. The molecular formula is C11H9F4NO3. The van der Waals surface area contributed by atoms with E-state index >= 15 is 0 Å². The van der Waals surface area contributed by atoms with E-state index in [1.54, 1.807) is 0 Å². The van der Waals surface area contributed by atoms with Crippen LogP contribution in [0.4, 0.5) is 23.2 Å². The van der Waals surface area contributed by atoms with Crippen molar-refractivity contribution in [2.45, 2.75) is 0 Å². The van der Waals surface area contributed by atoms with Gasteiger partial charge in [-0.3, -0.25) is 0 Å². The molecular weight excluding hydrogens is 270 g/mol. The first-order valence-corrected chi connectivity index (χ1v) is 5.37. The number of benzene rings is 1. The van der Waals surface area contributed by atoms with Gasteiger partial charge in [0, 0.05) is 13.1 Å². The molecule has 19 heavy (non-hydrogen) atoms. The molecule has 1 aliphatic heterocycles. The van der Waals surface area contributed by atoms with Crippen molar-refractivity contribution in [2.24, 2.45) is 0 Å². The Hall–Kier alpha value is -1.83. The van der Waals surface area contributed by atoms with E-state index in [0.29, 0.717) is 0 Å². The van der Waals surface area contributed by atoms with Crippen LogP contribution in [-0.4, -0.2) is 37.4 Å². The van der Waals surface area contributed by atoms with Gasteiger partial charge < -0.3 is 14.7 Å². The molecule has 1 aliphatic rings. The maximum Gasteiger partial charge on any atom is 0.341 e.